The van der Waals surface area contributed by atoms with Crippen molar-refractivity contribution in [3.05, 3.63) is 12.2 Å². The molecular weight excluding hydrogens is 876 g/mol. The second-order valence-corrected chi connectivity index (χ2v) is 19.9. The molecule has 5 rings (SSSR count). The molecule has 2 fully saturated rings. The standard InChI is InChI=1S/C51H86N6O9.ClH/c1-6-43-25-19-20-30-50(66-43)36-42-27-28-45-47(51(31-22-24-38(2)65-51)55-49(54-50)57(42)45)48(62)63-35-21-17-15-13-11-9-7-8-10-12-14-16-18-26-46(61)56(34-23-32-52-39(3)58)37-44(64-41(5)60)29-33-53-40(4)59;/h19,25,38,42-45,47H,6-18,20-24,26-37H2,1-5H3,(H3,52,53,54,55,58,59);1H/t38-,42+,43+,44+,45+,47+,50+,51+;/m1./s1. The third-order valence-corrected chi connectivity index (χ3v) is 14.3. The number of unbranched alkanes of at least 4 members (excludes halogenated alkanes) is 12. The Morgan fingerprint density at radius 1 is 0.836 bits per heavy atom. The summed E-state index contributed by atoms with van der Waals surface area (Å²) < 4.78 is 27.6. The van der Waals surface area contributed by atoms with E-state index in [1.165, 1.54) is 59.3 Å². The molecule has 0 bridgehead atoms. The van der Waals surface area contributed by atoms with Gasteiger partial charge in [-0.15, -0.1) is 0 Å². The summed E-state index contributed by atoms with van der Waals surface area (Å²) >= 11 is 0. The quantitative estimate of drug-likeness (QED) is 0.0386. The van der Waals surface area contributed by atoms with Gasteiger partial charge in [0.15, 0.2) is 11.6 Å². The van der Waals surface area contributed by atoms with Crippen molar-refractivity contribution in [3.63, 3.8) is 0 Å². The predicted molar refractivity (Wildman–Crippen MR) is 254 cm³/mol. The molecule has 0 aromatic rings. The molecule has 0 aromatic heterocycles. The maximum atomic E-state index is 14.1. The summed E-state index contributed by atoms with van der Waals surface area (Å²) in [6.07, 6.45) is 28.6. The Kier molecular flexibility index (Phi) is 24.2. The number of hydrogen-bond donors (Lipinski definition) is 4. The topological polar surface area (TPSA) is 177 Å². The van der Waals surface area contributed by atoms with E-state index in [9.17, 15) is 24.0 Å². The maximum Gasteiger partial charge on any atom is 0.350 e. The van der Waals surface area contributed by atoms with E-state index in [0.29, 0.717) is 51.5 Å². The molecule has 2 spiro atoms. The lowest BCUT2D eigenvalue weighted by Gasteiger charge is -2.50. The summed E-state index contributed by atoms with van der Waals surface area (Å²) in [7, 11) is 0. The van der Waals surface area contributed by atoms with E-state index in [-0.39, 0.29) is 66.8 Å². The zero-order valence-corrected chi connectivity index (χ0v) is 42.5. The molecule has 3 amide bonds. The zero-order chi connectivity index (χ0) is 47.4. The Hall–Kier alpha value is -3.43. The van der Waals surface area contributed by atoms with Crippen molar-refractivity contribution in [1.82, 2.24) is 26.2 Å². The van der Waals surface area contributed by atoms with Crippen molar-refractivity contribution in [1.29, 1.82) is 0 Å². The van der Waals surface area contributed by atoms with Crippen LogP contribution in [0.3, 0.4) is 0 Å². The molecule has 5 aliphatic heterocycles. The first-order chi connectivity index (χ1) is 31.8. The summed E-state index contributed by atoms with van der Waals surface area (Å²) in [5.74, 6) is -0.194. The fourth-order valence-electron chi connectivity index (χ4n) is 11.1. The Morgan fingerprint density at radius 2 is 1.49 bits per heavy atom. The van der Waals surface area contributed by atoms with E-state index in [2.05, 4.69) is 51.8 Å². The van der Waals surface area contributed by atoms with E-state index in [1.54, 1.807) is 4.90 Å². The highest BCUT2D eigenvalue weighted by Crippen LogP contribution is 2.46. The molecule has 0 aliphatic carbocycles. The van der Waals surface area contributed by atoms with Crippen molar-refractivity contribution in [2.45, 2.75) is 237 Å². The van der Waals surface area contributed by atoms with Gasteiger partial charge in [0.2, 0.25) is 23.4 Å². The molecule has 2 saturated heterocycles. The van der Waals surface area contributed by atoms with Crippen molar-refractivity contribution in [2.24, 2.45) is 5.92 Å². The second-order valence-electron chi connectivity index (χ2n) is 19.9. The van der Waals surface area contributed by atoms with Crippen LogP contribution < -0.4 is 33.7 Å². The Balaban J connectivity index is 0.00000980. The van der Waals surface area contributed by atoms with Crippen molar-refractivity contribution in [2.75, 3.05) is 32.8 Å². The molecule has 4 N–H and O–H groups in total. The normalized spacial score (nSPS) is 26.6. The summed E-state index contributed by atoms with van der Waals surface area (Å²) in [5, 5.41) is 13.2. The highest BCUT2D eigenvalue weighted by molar-refractivity contribution is 5.82. The zero-order valence-electron chi connectivity index (χ0n) is 41.8. The molecule has 5 heterocycles. The summed E-state index contributed by atoms with van der Waals surface area (Å²) in [6, 6.07) is 0.356. The Morgan fingerprint density at radius 3 is 2.13 bits per heavy atom. The number of hydrogen-bond acceptors (Lipinski definition) is 11. The van der Waals surface area contributed by atoms with Gasteiger partial charge in [-0.3, -0.25) is 28.5 Å². The van der Waals surface area contributed by atoms with Crippen LogP contribution in [0.1, 0.15) is 195 Å². The molecular formula is C51H87ClN6O9. The van der Waals surface area contributed by atoms with Gasteiger partial charge in [0, 0.05) is 72.5 Å². The first kappa shape index (κ1) is 56.2. The number of rotatable bonds is 28. The van der Waals surface area contributed by atoms with E-state index < -0.39 is 23.5 Å². The largest absolute Gasteiger partial charge is 1.00 e. The van der Waals surface area contributed by atoms with Crippen LogP contribution in [0.15, 0.2) is 12.2 Å². The molecule has 382 valence electrons. The van der Waals surface area contributed by atoms with Crippen LogP contribution in [0.4, 0.5) is 0 Å². The van der Waals surface area contributed by atoms with Crippen LogP contribution in [0.25, 0.3) is 0 Å². The first-order valence-electron chi connectivity index (χ1n) is 26.2. The smallest absolute Gasteiger partial charge is 0.350 e. The number of carbonyl (C=O) groups is 5. The minimum atomic E-state index is -0.781. The average Bonchev–Trinajstić information content (AvgIpc) is 3.57. The first-order valence-corrected chi connectivity index (χ1v) is 26.2. The fraction of sp³-hybridized carbons (Fsp3) is 0.843. The van der Waals surface area contributed by atoms with Crippen LogP contribution in [0.5, 0.6) is 0 Å². The minimum Gasteiger partial charge on any atom is -1.00 e. The van der Waals surface area contributed by atoms with Crippen LogP contribution in [0.2, 0.25) is 0 Å². The van der Waals surface area contributed by atoms with Gasteiger partial charge < -0.3 is 46.9 Å². The highest BCUT2D eigenvalue weighted by atomic mass is 35.5. The monoisotopic (exact) mass is 963 g/mol. The van der Waals surface area contributed by atoms with Gasteiger partial charge in [-0.05, 0) is 64.7 Å². The van der Waals surface area contributed by atoms with Crippen LogP contribution >= 0.6 is 0 Å². The number of esters is 2. The highest BCUT2D eigenvalue weighted by Gasteiger charge is 2.64. The minimum absolute atomic E-state index is 0. The van der Waals surface area contributed by atoms with Gasteiger partial charge in [-0.2, -0.15) is 0 Å². The van der Waals surface area contributed by atoms with Crippen LogP contribution in [-0.2, 0) is 42.9 Å². The van der Waals surface area contributed by atoms with Crippen LogP contribution in [-0.4, -0.2) is 120 Å². The van der Waals surface area contributed by atoms with E-state index in [1.807, 2.05) is 0 Å². The molecule has 0 saturated carbocycles. The Labute approximate surface area is 408 Å². The molecule has 15 nitrogen and oxygen atoms in total. The molecule has 5 aliphatic rings. The van der Waals surface area contributed by atoms with E-state index in [0.717, 1.165) is 109 Å². The number of amides is 3. The number of nitrogens with one attached hydrogen (secondary N) is 4. The lowest BCUT2D eigenvalue weighted by atomic mass is 9.80. The van der Waals surface area contributed by atoms with Crippen molar-refractivity contribution < 1.29 is 59.9 Å². The number of ether oxygens (including phenoxy) is 4. The molecule has 0 unspecified atom stereocenters. The van der Waals surface area contributed by atoms with Gasteiger partial charge in [-0.1, -0.05) is 89.7 Å². The third-order valence-electron chi connectivity index (χ3n) is 14.3. The van der Waals surface area contributed by atoms with E-state index in [4.69, 9.17) is 18.9 Å². The molecule has 67 heavy (non-hydrogen) atoms. The lowest BCUT2D eigenvalue weighted by molar-refractivity contribution is -0.609. The summed E-state index contributed by atoms with van der Waals surface area (Å²) in [6.45, 7) is 10.5. The average molecular weight is 964 g/mol. The van der Waals surface area contributed by atoms with Crippen molar-refractivity contribution in [3.8, 4) is 0 Å². The van der Waals surface area contributed by atoms with Gasteiger partial charge in [-0.25, -0.2) is 10.6 Å². The molecule has 16 heteroatoms. The molecule has 8 atom stereocenters. The van der Waals surface area contributed by atoms with Crippen molar-refractivity contribution >= 4 is 35.6 Å². The SMILES string of the molecule is CC[C@H]1C=CCC[C@@]2(C[C@@H]3CC[C@H]4[C@@H](C(=O)OCCCCCCCCCCCCCCCC(=O)N(CCCNC(C)=O)C[C@H](CCNC(C)=O)OC(C)=O)[C@@]5(CCC[C@@H](C)O5)NC(=[N+]34)N2)O1.[Cl-]. The number of guanidine groups is 1. The van der Waals surface area contributed by atoms with Gasteiger partial charge >= 0.3 is 17.9 Å². The number of carbonyl (C=O) groups excluding carboxylic acids is 5. The van der Waals surface area contributed by atoms with Gasteiger partial charge in [0.25, 0.3) is 0 Å². The predicted octanol–water partition coefficient (Wildman–Crippen LogP) is 4.05. The second kappa shape index (κ2) is 28.9. The third kappa shape index (κ3) is 17.8. The summed E-state index contributed by atoms with van der Waals surface area (Å²) in [5.41, 5.74) is -1.20. The van der Waals surface area contributed by atoms with Gasteiger partial charge in [0.05, 0.1) is 37.4 Å². The van der Waals surface area contributed by atoms with Crippen LogP contribution in [0, 0.1) is 5.92 Å². The van der Waals surface area contributed by atoms with Gasteiger partial charge in [0.1, 0.15) is 6.10 Å². The maximum absolute atomic E-state index is 14.1. The Bertz CT molecular complexity index is 1650. The van der Waals surface area contributed by atoms with E-state index >= 15 is 0 Å². The number of allylic oxidation sites excluding steroid dienone is 1. The number of nitrogens with zero attached hydrogens (tertiary/aromatic N) is 2. The molecule has 0 radical (unpaired) electrons. The summed E-state index contributed by atoms with van der Waals surface area (Å²) in [4.78, 5) is 63.6. The number of halogens is 1. The molecule has 0 aromatic carbocycles. The lowest BCUT2D eigenvalue weighted by Crippen LogP contribution is -3.00. The fourth-order valence-corrected chi connectivity index (χ4v) is 11.1.